The number of carbonyl (C=O) groups is 2. The first-order valence-corrected chi connectivity index (χ1v) is 9.00. The van der Waals surface area contributed by atoms with E-state index < -0.39 is 16.0 Å². The van der Waals surface area contributed by atoms with E-state index in [1.54, 1.807) is 36.4 Å². The van der Waals surface area contributed by atoms with E-state index in [-0.39, 0.29) is 11.7 Å². The number of anilines is 2. The molecule has 0 bridgehead atoms. The molecule has 2 aromatic rings. The Hall–Kier alpha value is -2.87. The number of amides is 1. The molecular weight excluding hydrogens is 344 g/mol. The molecule has 25 heavy (non-hydrogen) atoms. The second-order valence-electron chi connectivity index (χ2n) is 5.31. The Labute approximate surface area is 146 Å². The highest BCUT2D eigenvalue weighted by atomic mass is 32.2. The van der Waals surface area contributed by atoms with Crippen molar-refractivity contribution < 1.29 is 22.7 Å². The van der Waals surface area contributed by atoms with E-state index in [9.17, 15) is 18.0 Å². The van der Waals surface area contributed by atoms with Crippen molar-refractivity contribution in [2.45, 2.75) is 12.7 Å². The molecule has 2 rings (SSSR count). The highest BCUT2D eigenvalue weighted by molar-refractivity contribution is 7.91. The lowest BCUT2D eigenvalue weighted by Gasteiger charge is -2.09. The van der Waals surface area contributed by atoms with Crippen LogP contribution in [0.5, 0.6) is 0 Å². The van der Waals surface area contributed by atoms with Gasteiger partial charge >= 0.3 is 5.97 Å². The van der Waals surface area contributed by atoms with Crippen molar-refractivity contribution in [3.63, 3.8) is 0 Å². The summed E-state index contributed by atoms with van der Waals surface area (Å²) in [4.78, 5) is 22.3. The zero-order valence-corrected chi connectivity index (χ0v) is 14.6. The van der Waals surface area contributed by atoms with Crippen molar-refractivity contribution in [1.29, 1.82) is 0 Å². The average Bonchev–Trinajstić information content (AvgIpc) is 2.55. The molecule has 0 spiro atoms. The summed E-state index contributed by atoms with van der Waals surface area (Å²) in [5.74, 6) is -0.919. The minimum atomic E-state index is -3.62. The third-order valence-corrected chi connectivity index (χ3v) is 4.47. The van der Waals surface area contributed by atoms with E-state index in [0.29, 0.717) is 22.5 Å². The van der Waals surface area contributed by atoms with Gasteiger partial charge in [-0.25, -0.2) is 13.2 Å². The smallest absolute Gasteiger partial charge is 0.337 e. The summed E-state index contributed by atoms with van der Waals surface area (Å²) in [6.07, 6.45) is 0. The van der Waals surface area contributed by atoms with Crippen LogP contribution in [-0.2, 0) is 25.3 Å². The molecule has 0 radical (unpaired) electrons. The van der Waals surface area contributed by atoms with Gasteiger partial charge in [0.2, 0.25) is 15.9 Å². The maximum absolute atomic E-state index is 12.2. The number of sulfonamides is 1. The number of nitrogens with one attached hydrogen (secondary N) is 2. The maximum atomic E-state index is 12.2. The number of esters is 1. The van der Waals surface area contributed by atoms with Gasteiger partial charge in [0.1, 0.15) is 0 Å². The molecule has 0 saturated carbocycles. The summed E-state index contributed by atoms with van der Waals surface area (Å²) in [5.41, 5.74) is 1.86. The third-order valence-electron chi connectivity index (χ3n) is 3.21. The van der Waals surface area contributed by atoms with Crippen molar-refractivity contribution >= 4 is 33.3 Å². The molecular formula is C17H18N2O5S. The molecule has 0 heterocycles. The molecule has 0 unspecified atom stereocenters. The zero-order valence-electron chi connectivity index (χ0n) is 13.8. The second kappa shape index (κ2) is 7.80. The largest absolute Gasteiger partial charge is 0.465 e. The number of hydrogen-bond acceptors (Lipinski definition) is 5. The number of methoxy groups -OCH3 is 1. The first-order valence-electron chi connectivity index (χ1n) is 7.34. The molecule has 2 aromatic carbocycles. The number of benzene rings is 2. The topological polar surface area (TPSA) is 102 Å². The van der Waals surface area contributed by atoms with Gasteiger partial charge in [0, 0.05) is 18.3 Å². The zero-order chi connectivity index (χ0) is 18.4. The summed E-state index contributed by atoms with van der Waals surface area (Å²) in [6.45, 7) is 1.39. The van der Waals surface area contributed by atoms with Crippen molar-refractivity contribution in [3.05, 3.63) is 59.7 Å². The van der Waals surface area contributed by atoms with Crippen LogP contribution in [0.2, 0.25) is 0 Å². The normalized spacial score (nSPS) is 10.8. The average molecular weight is 362 g/mol. The number of rotatable bonds is 6. The van der Waals surface area contributed by atoms with E-state index in [2.05, 4.69) is 14.8 Å². The fourth-order valence-electron chi connectivity index (χ4n) is 2.11. The van der Waals surface area contributed by atoms with Gasteiger partial charge in [-0.1, -0.05) is 12.1 Å². The predicted molar refractivity (Wildman–Crippen MR) is 94.8 cm³/mol. The van der Waals surface area contributed by atoms with Crippen LogP contribution in [0.3, 0.4) is 0 Å². The molecule has 0 atom stereocenters. The van der Waals surface area contributed by atoms with Gasteiger partial charge in [-0.15, -0.1) is 0 Å². The Morgan fingerprint density at radius 1 is 0.960 bits per heavy atom. The van der Waals surface area contributed by atoms with Crippen LogP contribution in [0.1, 0.15) is 22.8 Å². The van der Waals surface area contributed by atoms with Crippen LogP contribution in [0.25, 0.3) is 0 Å². The predicted octanol–water partition coefficient (Wildman–Crippen LogP) is 2.37. The Kier molecular flexibility index (Phi) is 5.76. The quantitative estimate of drug-likeness (QED) is 0.768. The molecule has 0 saturated heterocycles. The van der Waals surface area contributed by atoms with Gasteiger partial charge in [0.05, 0.1) is 18.4 Å². The van der Waals surface area contributed by atoms with Gasteiger partial charge in [-0.2, -0.15) is 0 Å². The molecule has 8 heteroatoms. The van der Waals surface area contributed by atoms with E-state index in [4.69, 9.17) is 0 Å². The summed E-state index contributed by atoms with van der Waals surface area (Å²) < 4.78 is 31.5. The molecule has 132 valence electrons. The van der Waals surface area contributed by atoms with Crippen LogP contribution in [0.4, 0.5) is 11.4 Å². The minimum absolute atomic E-state index is 0.205. The summed E-state index contributed by atoms with van der Waals surface area (Å²) in [6, 6.07) is 12.5. The lowest BCUT2D eigenvalue weighted by atomic mass is 10.1. The standard InChI is InChI=1S/C17H18N2O5S/c1-12(20)18-15-7-9-16(10-8-15)19-25(22,23)11-13-3-5-14(6-4-13)17(21)24-2/h3-10,19H,11H2,1-2H3,(H,18,20). The summed E-state index contributed by atoms with van der Waals surface area (Å²) >= 11 is 0. The fourth-order valence-corrected chi connectivity index (χ4v) is 3.31. The second-order valence-corrected chi connectivity index (χ2v) is 7.03. The molecule has 0 aliphatic rings. The summed E-state index contributed by atoms with van der Waals surface area (Å²) in [5, 5.41) is 2.60. The Bertz CT molecular complexity index is 859. The van der Waals surface area contributed by atoms with E-state index in [0.717, 1.165) is 0 Å². The fraction of sp³-hybridized carbons (Fsp3) is 0.176. The molecule has 2 N–H and O–H groups in total. The SMILES string of the molecule is COC(=O)c1ccc(CS(=O)(=O)Nc2ccc(NC(C)=O)cc2)cc1. The number of carbonyl (C=O) groups excluding carboxylic acids is 2. The van der Waals surface area contributed by atoms with Crippen LogP contribution >= 0.6 is 0 Å². The monoisotopic (exact) mass is 362 g/mol. The maximum Gasteiger partial charge on any atom is 0.337 e. The number of ether oxygens (including phenoxy) is 1. The van der Waals surface area contributed by atoms with Crippen LogP contribution in [0.15, 0.2) is 48.5 Å². The highest BCUT2D eigenvalue weighted by Gasteiger charge is 2.13. The molecule has 0 aliphatic carbocycles. The lowest BCUT2D eigenvalue weighted by molar-refractivity contribution is -0.114. The Balaban J connectivity index is 2.04. The first-order chi connectivity index (χ1) is 11.8. The summed E-state index contributed by atoms with van der Waals surface area (Å²) in [7, 11) is -2.34. The van der Waals surface area contributed by atoms with Crippen molar-refractivity contribution in [3.8, 4) is 0 Å². The molecule has 0 fully saturated rings. The van der Waals surface area contributed by atoms with Crippen molar-refractivity contribution in [2.75, 3.05) is 17.1 Å². The first kappa shape index (κ1) is 18.5. The molecule has 7 nitrogen and oxygen atoms in total. The van der Waals surface area contributed by atoms with E-state index >= 15 is 0 Å². The third kappa shape index (κ3) is 5.61. The van der Waals surface area contributed by atoms with Crippen molar-refractivity contribution in [2.24, 2.45) is 0 Å². The molecule has 0 aromatic heterocycles. The van der Waals surface area contributed by atoms with Crippen molar-refractivity contribution in [1.82, 2.24) is 0 Å². The molecule has 1 amide bonds. The van der Waals surface area contributed by atoms with E-state index in [1.807, 2.05) is 0 Å². The molecule has 0 aliphatic heterocycles. The Morgan fingerprint density at radius 2 is 1.52 bits per heavy atom. The van der Waals surface area contributed by atoms with Crippen LogP contribution in [0, 0.1) is 0 Å². The minimum Gasteiger partial charge on any atom is -0.465 e. The highest BCUT2D eigenvalue weighted by Crippen LogP contribution is 2.17. The van der Waals surface area contributed by atoms with Gasteiger partial charge in [-0.3, -0.25) is 9.52 Å². The Morgan fingerprint density at radius 3 is 2.04 bits per heavy atom. The van der Waals surface area contributed by atoms with Gasteiger partial charge in [-0.05, 0) is 42.0 Å². The van der Waals surface area contributed by atoms with E-state index in [1.165, 1.54) is 26.2 Å². The van der Waals surface area contributed by atoms with Gasteiger partial charge in [0.15, 0.2) is 0 Å². The lowest BCUT2D eigenvalue weighted by Crippen LogP contribution is -2.15. The van der Waals surface area contributed by atoms with Crippen LogP contribution in [-0.4, -0.2) is 27.4 Å². The number of hydrogen-bond donors (Lipinski definition) is 2. The van der Waals surface area contributed by atoms with Gasteiger partial charge in [0.25, 0.3) is 0 Å². The van der Waals surface area contributed by atoms with Crippen LogP contribution < -0.4 is 10.0 Å². The van der Waals surface area contributed by atoms with Gasteiger partial charge < -0.3 is 10.1 Å².